The Morgan fingerprint density at radius 2 is 2.17 bits per heavy atom. The second kappa shape index (κ2) is 7.39. The van der Waals surface area contributed by atoms with Crippen LogP contribution in [0, 0.1) is 13.8 Å². The van der Waals surface area contributed by atoms with Crippen molar-refractivity contribution in [2.75, 3.05) is 20.3 Å². The minimum atomic E-state index is -0.183. The Kier molecular flexibility index (Phi) is 6.16. The van der Waals surface area contributed by atoms with E-state index in [-0.39, 0.29) is 11.3 Å². The molecule has 0 saturated heterocycles. The van der Waals surface area contributed by atoms with E-state index in [2.05, 4.69) is 5.32 Å². The third-order valence-corrected chi connectivity index (χ3v) is 3.00. The summed E-state index contributed by atoms with van der Waals surface area (Å²) in [6, 6.07) is 6.12. The van der Waals surface area contributed by atoms with Crippen LogP contribution in [0.5, 0.6) is 0 Å². The molecule has 0 aliphatic rings. The van der Waals surface area contributed by atoms with Crippen LogP contribution in [0.4, 0.5) is 0 Å². The number of carbonyl (C=O) groups is 1. The highest BCUT2D eigenvalue weighted by molar-refractivity contribution is 6.21. The number of ether oxygens (including phenoxy) is 1. The molecule has 1 rings (SSSR count). The lowest BCUT2D eigenvalue weighted by Crippen LogP contribution is -2.32. The quantitative estimate of drug-likeness (QED) is 0.804. The van der Waals surface area contributed by atoms with Gasteiger partial charge in [-0.15, -0.1) is 11.6 Å². The largest absolute Gasteiger partial charge is 0.383 e. The number of halogens is 1. The Hall–Kier alpha value is -1.06. The van der Waals surface area contributed by atoms with Gasteiger partial charge in [0.05, 0.1) is 18.4 Å². The highest BCUT2D eigenvalue weighted by Gasteiger charge is 2.09. The summed E-state index contributed by atoms with van der Waals surface area (Å²) in [5, 5.41) is 2.63. The third-order valence-electron chi connectivity index (χ3n) is 2.72. The number of alkyl halides is 1. The molecule has 1 aromatic rings. The van der Waals surface area contributed by atoms with Crippen molar-refractivity contribution >= 4 is 17.5 Å². The van der Waals surface area contributed by atoms with Gasteiger partial charge >= 0.3 is 0 Å². The molecule has 1 N–H and O–H groups in total. The van der Waals surface area contributed by atoms with Gasteiger partial charge in [0.25, 0.3) is 0 Å². The number of benzene rings is 1. The van der Waals surface area contributed by atoms with Gasteiger partial charge in [-0.2, -0.15) is 0 Å². The number of rotatable bonds is 6. The first-order valence-corrected chi connectivity index (χ1v) is 6.42. The molecule has 1 amide bonds. The van der Waals surface area contributed by atoms with E-state index in [1.165, 1.54) is 0 Å². The second-order valence-corrected chi connectivity index (χ2v) is 5.08. The number of amides is 1. The number of carbonyl (C=O) groups excluding carboxylic acids is 1. The molecular formula is C14H20ClNO2. The van der Waals surface area contributed by atoms with Gasteiger partial charge in [-0.25, -0.2) is 0 Å². The van der Waals surface area contributed by atoms with Gasteiger partial charge in [0.15, 0.2) is 0 Å². The molecule has 3 nitrogen and oxygen atoms in total. The van der Waals surface area contributed by atoms with Crippen LogP contribution in [0.15, 0.2) is 18.2 Å². The first-order valence-electron chi connectivity index (χ1n) is 5.98. The fourth-order valence-corrected chi connectivity index (χ4v) is 1.89. The van der Waals surface area contributed by atoms with Crippen molar-refractivity contribution in [3.05, 3.63) is 34.9 Å². The Labute approximate surface area is 113 Å². The van der Waals surface area contributed by atoms with Crippen molar-refractivity contribution in [2.24, 2.45) is 0 Å². The Morgan fingerprint density at radius 1 is 1.44 bits per heavy atom. The molecular weight excluding hydrogens is 250 g/mol. The Morgan fingerprint density at radius 3 is 2.83 bits per heavy atom. The third kappa shape index (κ3) is 5.07. The van der Waals surface area contributed by atoms with Crippen LogP contribution < -0.4 is 5.32 Å². The summed E-state index contributed by atoms with van der Waals surface area (Å²) in [6.07, 6.45) is 0.393. The van der Waals surface area contributed by atoms with Crippen molar-refractivity contribution in [2.45, 2.75) is 25.6 Å². The molecule has 1 unspecified atom stereocenters. The van der Waals surface area contributed by atoms with E-state index >= 15 is 0 Å². The van der Waals surface area contributed by atoms with Gasteiger partial charge in [-0.3, -0.25) is 4.79 Å². The van der Waals surface area contributed by atoms with Crippen molar-refractivity contribution in [1.29, 1.82) is 0 Å². The molecule has 0 aromatic heterocycles. The van der Waals surface area contributed by atoms with E-state index in [9.17, 15) is 4.79 Å². The van der Waals surface area contributed by atoms with Gasteiger partial charge in [0.2, 0.25) is 5.91 Å². The summed E-state index contributed by atoms with van der Waals surface area (Å²) in [6.45, 7) is 4.90. The maximum absolute atomic E-state index is 11.8. The topological polar surface area (TPSA) is 38.3 Å². The zero-order chi connectivity index (χ0) is 13.5. The zero-order valence-electron chi connectivity index (χ0n) is 11.1. The van der Waals surface area contributed by atoms with Crippen LogP contribution in [-0.4, -0.2) is 31.5 Å². The van der Waals surface area contributed by atoms with Crippen LogP contribution in [0.1, 0.15) is 16.7 Å². The molecule has 1 atom stereocenters. The predicted octanol–water partition coefficient (Wildman–Crippen LogP) is 2.22. The molecule has 0 bridgehead atoms. The smallest absolute Gasteiger partial charge is 0.224 e. The summed E-state index contributed by atoms with van der Waals surface area (Å²) < 4.78 is 4.91. The van der Waals surface area contributed by atoms with Crippen molar-refractivity contribution < 1.29 is 9.53 Å². The standard InChI is InChI=1S/C14H20ClNO2/c1-10-4-5-11(2)12(6-10)7-14(17)16-8-13(15)9-18-3/h4-6,13H,7-9H2,1-3H3,(H,16,17). The van der Waals surface area contributed by atoms with Gasteiger partial charge in [0.1, 0.15) is 0 Å². The molecule has 0 saturated carbocycles. The molecule has 0 spiro atoms. The van der Waals surface area contributed by atoms with E-state index in [0.717, 1.165) is 16.7 Å². The SMILES string of the molecule is COCC(Cl)CNC(=O)Cc1cc(C)ccc1C. The molecule has 0 heterocycles. The average Bonchev–Trinajstić information content (AvgIpc) is 2.32. The molecule has 0 radical (unpaired) electrons. The number of aryl methyl sites for hydroxylation is 2. The highest BCUT2D eigenvalue weighted by atomic mass is 35.5. The summed E-state index contributed by atoms with van der Waals surface area (Å²) in [5.74, 6) is -0.00884. The zero-order valence-corrected chi connectivity index (χ0v) is 11.9. The predicted molar refractivity (Wildman–Crippen MR) is 74.1 cm³/mol. The number of methoxy groups -OCH3 is 1. The van der Waals surface area contributed by atoms with Gasteiger partial charge in [0, 0.05) is 13.7 Å². The molecule has 4 heteroatoms. The number of nitrogens with one attached hydrogen (secondary N) is 1. The normalized spacial score (nSPS) is 12.2. The van der Waals surface area contributed by atoms with Crippen LogP contribution in [0.25, 0.3) is 0 Å². The number of hydrogen-bond acceptors (Lipinski definition) is 2. The summed E-state index contributed by atoms with van der Waals surface area (Å²) >= 11 is 5.94. The minimum Gasteiger partial charge on any atom is -0.383 e. The van der Waals surface area contributed by atoms with Crippen LogP contribution in [0.2, 0.25) is 0 Å². The lowest BCUT2D eigenvalue weighted by molar-refractivity contribution is -0.120. The van der Waals surface area contributed by atoms with Crippen LogP contribution >= 0.6 is 11.6 Å². The van der Waals surface area contributed by atoms with E-state index in [1.807, 2.05) is 32.0 Å². The van der Waals surface area contributed by atoms with Crippen LogP contribution in [0.3, 0.4) is 0 Å². The number of hydrogen-bond donors (Lipinski definition) is 1. The van der Waals surface area contributed by atoms with Crippen molar-refractivity contribution in [3.63, 3.8) is 0 Å². The maximum Gasteiger partial charge on any atom is 0.224 e. The molecule has 18 heavy (non-hydrogen) atoms. The summed E-state index contributed by atoms with van der Waals surface area (Å²) in [7, 11) is 1.59. The minimum absolute atomic E-state index is 0.00884. The van der Waals surface area contributed by atoms with Crippen molar-refractivity contribution in [1.82, 2.24) is 5.32 Å². The summed E-state index contributed by atoms with van der Waals surface area (Å²) in [5.41, 5.74) is 3.36. The highest BCUT2D eigenvalue weighted by Crippen LogP contribution is 2.11. The average molecular weight is 270 g/mol. The van der Waals surface area contributed by atoms with Crippen molar-refractivity contribution in [3.8, 4) is 0 Å². The van der Waals surface area contributed by atoms with Gasteiger partial charge < -0.3 is 10.1 Å². The van der Waals surface area contributed by atoms with Gasteiger partial charge in [-0.05, 0) is 25.0 Å². The fraction of sp³-hybridized carbons (Fsp3) is 0.500. The van der Waals surface area contributed by atoms with Crippen LogP contribution in [-0.2, 0) is 16.0 Å². The van der Waals surface area contributed by atoms with E-state index < -0.39 is 0 Å². The Balaban J connectivity index is 2.47. The molecule has 100 valence electrons. The van der Waals surface area contributed by atoms with Gasteiger partial charge in [-0.1, -0.05) is 23.8 Å². The first-order chi connectivity index (χ1) is 8.52. The first kappa shape index (κ1) is 15.0. The lowest BCUT2D eigenvalue weighted by Gasteiger charge is -2.11. The molecule has 1 aromatic carbocycles. The summed E-state index contributed by atoms with van der Waals surface area (Å²) in [4.78, 5) is 11.8. The molecule has 0 fully saturated rings. The van der Waals surface area contributed by atoms with E-state index in [0.29, 0.717) is 19.6 Å². The lowest BCUT2D eigenvalue weighted by atomic mass is 10.0. The molecule has 0 aliphatic heterocycles. The maximum atomic E-state index is 11.8. The fourth-order valence-electron chi connectivity index (χ4n) is 1.69. The van der Waals surface area contributed by atoms with E-state index in [4.69, 9.17) is 16.3 Å². The second-order valence-electron chi connectivity index (χ2n) is 4.46. The molecule has 0 aliphatic carbocycles. The van der Waals surface area contributed by atoms with E-state index in [1.54, 1.807) is 7.11 Å². The Bertz CT molecular complexity index is 407. The monoisotopic (exact) mass is 269 g/mol.